The van der Waals surface area contributed by atoms with Crippen LogP contribution in [0.4, 0.5) is 0 Å². The van der Waals surface area contributed by atoms with Crippen molar-refractivity contribution in [3.63, 3.8) is 0 Å². The molecule has 1 aliphatic carbocycles. The molecule has 0 radical (unpaired) electrons. The van der Waals surface area contributed by atoms with Crippen molar-refractivity contribution in [2.45, 2.75) is 65.5 Å². The second-order valence-electron chi connectivity index (χ2n) is 6.14. The largest absolute Gasteiger partial charge is 0.307 e. The van der Waals surface area contributed by atoms with E-state index in [2.05, 4.69) is 51.2 Å². The van der Waals surface area contributed by atoms with Crippen molar-refractivity contribution < 1.29 is 0 Å². The first kappa shape index (κ1) is 13.6. The lowest BCUT2D eigenvalue weighted by Gasteiger charge is -2.25. The summed E-state index contributed by atoms with van der Waals surface area (Å²) in [5.41, 5.74) is 4.16. The molecule has 1 aromatic rings. The van der Waals surface area contributed by atoms with Crippen LogP contribution in [-0.4, -0.2) is 6.04 Å². The van der Waals surface area contributed by atoms with Gasteiger partial charge in [0.2, 0.25) is 0 Å². The van der Waals surface area contributed by atoms with Gasteiger partial charge in [0.25, 0.3) is 0 Å². The van der Waals surface area contributed by atoms with E-state index in [9.17, 15) is 0 Å². The van der Waals surface area contributed by atoms with E-state index >= 15 is 0 Å². The SMILES string of the molecule is Cc1cc(C)cc(C(C)NC(C)C2CCCC2)c1. The van der Waals surface area contributed by atoms with Gasteiger partial charge < -0.3 is 5.32 Å². The van der Waals surface area contributed by atoms with Gasteiger partial charge in [-0.1, -0.05) is 42.2 Å². The Kier molecular flexibility index (Phi) is 4.45. The molecular formula is C17H27N. The number of aryl methyl sites for hydroxylation is 2. The summed E-state index contributed by atoms with van der Waals surface area (Å²) in [7, 11) is 0. The maximum Gasteiger partial charge on any atom is 0.0294 e. The molecule has 0 saturated heterocycles. The molecule has 100 valence electrons. The fourth-order valence-electron chi connectivity index (χ4n) is 3.34. The predicted molar refractivity (Wildman–Crippen MR) is 78.9 cm³/mol. The quantitative estimate of drug-likeness (QED) is 0.821. The smallest absolute Gasteiger partial charge is 0.0294 e. The molecular weight excluding hydrogens is 218 g/mol. The van der Waals surface area contributed by atoms with Crippen LogP contribution in [0.1, 0.15) is 62.3 Å². The molecule has 1 N–H and O–H groups in total. The maximum absolute atomic E-state index is 3.79. The van der Waals surface area contributed by atoms with E-state index in [1.807, 2.05) is 0 Å². The zero-order chi connectivity index (χ0) is 13.1. The molecule has 1 aliphatic rings. The predicted octanol–water partition coefficient (Wildman–Crippen LogP) is 4.53. The zero-order valence-electron chi connectivity index (χ0n) is 12.3. The number of benzene rings is 1. The van der Waals surface area contributed by atoms with Crippen molar-refractivity contribution in [1.82, 2.24) is 5.32 Å². The summed E-state index contributed by atoms with van der Waals surface area (Å²) >= 11 is 0. The highest BCUT2D eigenvalue weighted by Gasteiger charge is 2.22. The molecule has 0 aliphatic heterocycles. The van der Waals surface area contributed by atoms with Crippen LogP contribution < -0.4 is 5.32 Å². The Labute approximate surface area is 112 Å². The van der Waals surface area contributed by atoms with Gasteiger partial charge in [0.05, 0.1) is 0 Å². The highest BCUT2D eigenvalue weighted by Crippen LogP contribution is 2.29. The summed E-state index contributed by atoms with van der Waals surface area (Å²) in [6, 6.07) is 7.97. The molecule has 1 heteroatoms. The number of nitrogens with one attached hydrogen (secondary N) is 1. The fraction of sp³-hybridized carbons (Fsp3) is 0.647. The molecule has 1 nitrogen and oxygen atoms in total. The van der Waals surface area contributed by atoms with E-state index < -0.39 is 0 Å². The second-order valence-corrected chi connectivity index (χ2v) is 6.14. The molecule has 0 bridgehead atoms. The molecule has 1 saturated carbocycles. The van der Waals surface area contributed by atoms with Crippen LogP contribution in [0, 0.1) is 19.8 Å². The zero-order valence-corrected chi connectivity index (χ0v) is 12.3. The lowest BCUT2D eigenvalue weighted by Crippen LogP contribution is -2.34. The van der Waals surface area contributed by atoms with Crippen molar-refractivity contribution >= 4 is 0 Å². The summed E-state index contributed by atoms with van der Waals surface area (Å²) in [6.07, 6.45) is 5.67. The van der Waals surface area contributed by atoms with Gasteiger partial charge in [-0.25, -0.2) is 0 Å². The topological polar surface area (TPSA) is 12.0 Å². The van der Waals surface area contributed by atoms with Crippen molar-refractivity contribution in [2.75, 3.05) is 0 Å². The average molecular weight is 245 g/mol. The molecule has 0 amide bonds. The molecule has 2 rings (SSSR count). The van der Waals surface area contributed by atoms with Crippen LogP contribution in [0.3, 0.4) is 0 Å². The normalized spacial score (nSPS) is 20.0. The van der Waals surface area contributed by atoms with Crippen LogP contribution in [0.25, 0.3) is 0 Å². The van der Waals surface area contributed by atoms with E-state index in [1.54, 1.807) is 0 Å². The third-order valence-electron chi connectivity index (χ3n) is 4.36. The van der Waals surface area contributed by atoms with E-state index in [-0.39, 0.29) is 0 Å². The van der Waals surface area contributed by atoms with Crippen LogP contribution in [-0.2, 0) is 0 Å². The average Bonchev–Trinajstić information content (AvgIpc) is 2.80. The minimum atomic E-state index is 0.458. The molecule has 0 aromatic heterocycles. The Morgan fingerprint density at radius 2 is 1.56 bits per heavy atom. The summed E-state index contributed by atoms with van der Waals surface area (Å²) in [5.74, 6) is 0.887. The Morgan fingerprint density at radius 1 is 1.00 bits per heavy atom. The lowest BCUT2D eigenvalue weighted by molar-refractivity contribution is 0.352. The highest BCUT2D eigenvalue weighted by atomic mass is 14.9. The van der Waals surface area contributed by atoms with E-state index in [1.165, 1.54) is 42.4 Å². The summed E-state index contributed by atoms with van der Waals surface area (Å²) in [6.45, 7) is 9.02. The minimum Gasteiger partial charge on any atom is -0.307 e. The number of hydrogen-bond acceptors (Lipinski definition) is 1. The Hall–Kier alpha value is -0.820. The molecule has 18 heavy (non-hydrogen) atoms. The van der Waals surface area contributed by atoms with Gasteiger partial charge >= 0.3 is 0 Å². The number of hydrogen-bond donors (Lipinski definition) is 1. The summed E-state index contributed by atoms with van der Waals surface area (Å²) in [4.78, 5) is 0. The van der Waals surface area contributed by atoms with Crippen molar-refractivity contribution in [1.29, 1.82) is 0 Å². The van der Waals surface area contributed by atoms with Crippen LogP contribution in [0.15, 0.2) is 18.2 Å². The molecule has 2 atom stereocenters. The Bertz CT molecular complexity index is 370. The molecule has 1 aromatic carbocycles. The van der Waals surface area contributed by atoms with E-state index in [0.717, 1.165) is 5.92 Å². The van der Waals surface area contributed by atoms with Gasteiger partial charge in [-0.15, -0.1) is 0 Å². The first-order valence-electron chi connectivity index (χ1n) is 7.40. The third kappa shape index (κ3) is 3.35. The van der Waals surface area contributed by atoms with Gasteiger partial charge in [0.15, 0.2) is 0 Å². The first-order valence-corrected chi connectivity index (χ1v) is 7.40. The van der Waals surface area contributed by atoms with Gasteiger partial charge in [0.1, 0.15) is 0 Å². The molecule has 1 fully saturated rings. The highest BCUT2D eigenvalue weighted by molar-refractivity contribution is 5.30. The Morgan fingerprint density at radius 3 is 2.11 bits per heavy atom. The standard InChI is InChI=1S/C17H27N/c1-12-9-13(2)11-17(10-12)15(4)18-14(3)16-7-5-6-8-16/h9-11,14-16,18H,5-8H2,1-4H3. The van der Waals surface area contributed by atoms with Crippen molar-refractivity contribution in [2.24, 2.45) is 5.92 Å². The van der Waals surface area contributed by atoms with Gasteiger partial charge in [-0.2, -0.15) is 0 Å². The summed E-state index contributed by atoms with van der Waals surface area (Å²) in [5, 5.41) is 3.79. The monoisotopic (exact) mass is 245 g/mol. The van der Waals surface area contributed by atoms with Crippen LogP contribution in [0.2, 0.25) is 0 Å². The molecule has 0 heterocycles. The van der Waals surface area contributed by atoms with Crippen molar-refractivity contribution in [3.05, 3.63) is 34.9 Å². The second kappa shape index (κ2) is 5.88. The molecule has 2 unspecified atom stereocenters. The first-order chi connectivity index (χ1) is 8.56. The fourth-order valence-corrected chi connectivity index (χ4v) is 3.34. The van der Waals surface area contributed by atoms with Crippen LogP contribution >= 0.6 is 0 Å². The van der Waals surface area contributed by atoms with Gasteiger partial charge in [0, 0.05) is 12.1 Å². The van der Waals surface area contributed by atoms with Crippen LogP contribution in [0.5, 0.6) is 0 Å². The Balaban J connectivity index is 1.99. The minimum absolute atomic E-state index is 0.458. The molecule has 0 spiro atoms. The van der Waals surface area contributed by atoms with Crippen molar-refractivity contribution in [3.8, 4) is 0 Å². The third-order valence-corrected chi connectivity index (χ3v) is 4.36. The van der Waals surface area contributed by atoms with E-state index in [4.69, 9.17) is 0 Å². The maximum atomic E-state index is 3.79. The van der Waals surface area contributed by atoms with E-state index in [0.29, 0.717) is 12.1 Å². The summed E-state index contributed by atoms with van der Waals surface area (Å²) < 4.78 is 0. The van der Waals surface area contributed by atoms with Gasteiger partial charge in [-0.3, -0.25) is 0 Å². The lowest BCUT2D eigenvalue weighted by atomic mass is 9.97. The van der Waals surface area contributed by atoms with Gasteiger partial charge in [-0.05, 0) is 52.0 Å². The number of rotatable bonds is 4.